The van der Waals surface area contributed by atoms with E-state index in [9.17, 15) is 4.79 Å². The molecule has 0 saturated carbocycles. The number of pyridine rings is 1. The number of thioether (sulfide) groups is 1. The number of ether oxygens (including phenoxy) is 2. The molecular formula is C25H29N5O3S. The maximum absolute atomic E-state index is 12.9. The Balaban J connectivity index is 1.45. The third kappa shape index (κ3) is 5.59. The van der Waals surface area contributed by atoms with Gasteiger partial charge in [-0.25, -0.2) is 0 Å². The highest BCUT2D eigenvalue weighted by Gasteiger charge is 2.22. The standard InChI is InChI=1S/C25H29N5O3S/c1-4-11-30-24(19-7-5-10-26-15-19)28-29-25(30)34-16-22(31)27-23(17(2)3)18-8-9-20-21(14-18)33-13-6-12-32-20/h4-5,7-10,14-15,17,23H,1,6,11-13,16H2,2-3H3,(H,27,31)/t23-/m1/s1. The number of rotatable bonds is 9. The van der Waals surface area contributed by atoms with Gasteiger partial charge in [-0.2, -0.15) is 0 Å². The van der Waals surface area contributed by atoms with Gasteiger partial charge in [-0.05, 0) is 35.7 Å². The number of fused-ring (bicyclic) bond motifs is 1. The normalized spacial score (nSPS) is 13.9. The number of allylic oxidation sites excluding steroid dienone is 1. The van der Waals surface area contributed by atoms with E-state index in [4.69, 9.17) is 9.47 Å². The van der Waals surface area contributed by atoms with E-state index in [-0.39, 0.29) is 23.6 Å². The Morgan fingerprint density at radius 3 is 2.79 bits per heavy atom. The van der Waals surface area contributed by atoms with Crippen LogP contribution in [0.4, 0.5) is 0 Å². The minimum absolute atomic E-state index is 0.0770. The number of nitrogens with one attached hydrogen (secondary N) is 1. The SMILES string of the molecule is C=CCn1c(SCC(=O)N[C@@H](c2ccc3c(c2)OCCCO3)C(C)C)nnc1-c1cccnc1. The van der Waals surface area contributed by atoms with Gasteiger partial charge in [-0.3, -0.25) is 14.3 Å². The Labute approximate surface area is 203 Å². The van der Waals surface area contributed by atoms with Gasteiger partial charge in [-0.15, -0.1) is 16.8 Å². The first-order valence-electron chi connectivity index (χ1n) is 11.3. The molecular weight excluding hydrogens is 450 g/mol. The second kappa shape index (κ2) is 11.2. The van der Waals surface area contributed by atoms with Crippen molar-refractivity contribution in [1.29, 1.82) is 0 Å². The number of aromatic nitrogens is 4. The molecule has 2 aromatic heterocycles. The molecule has 3 aromatic rings. The third-order valence-corrected chi connectivity index (χ3v) is 6.36. The van der Waals surface area contributed by atoms with E-state index in [1.807, 2.05) is 34.9 Å². The lowest BCUT2D eigenvalue weighted by Crippen LogP contribution is -2.33. The van der Waals surface area contributed by atoms with Crippen LogP contribution in [0.3, 0.4) is 0 Å². The predicted molar refractivity (Wildman–Crippen MR) is 132 cm³/mol. The summed E-state index contributed by atoms with van der Waals surface area (Å²) in [6, 6.07) is 9.52. The number of benzene rings is 1. The molecule has 0 unspecified atom stereocenters. The summed E-state index contributed by atoms with van der Waals surface area (Å²) in [6.45, 7) is 9.81. The summed E-state index contributed by atoms with van der Waals surface area (Å²) in [7, 11) is 0. The van der Waals surface area contributed by atoms with Gasteiger partial charge in [0.1, 0.15) is 0 Å². The molecule has 0 radical (unpaired) electrons. The summed E-state index contributed by atoms with van der Waals surface area (Å²) >= 11 is 1.35. The van der Waals surface area contributed by atoms with E-state index >= 15 is 0 Å². The summed E-state index contributed by atoms with van der Waals surface area (Å²) in [4.78, 5) is 17.1. The van der Waals surface area contributed by atoms with Crippen LogP contribution < -0.4 is 14.8 Å². The fourth-order valence-electron chi connectivity index (χ4n) is 3.75. The molecule has 1 amide bonds. The first-order valence-corrected chi connectivity index (χ1v) is 12.3. The van der Waals surface area contributed by atoms with Gasteiger partial charge in [0.25, 0.3) is 0 Å². The van der Waals surface area contributed by atoms with Crippen LogP contribution in [-0.4, -0.2) is 44.6 Å². The van der Waals surface area contributed by atoms with E-state index in [1.54, 1.807) is 18.5 Å². The predicted octanol–water partition coefficient (Wildman–Crippen LogP) is 4.29. The van der Waals surface area contributed by atoms with E-state index in [0.717, 1.165) is 29.0 Å². The van der Waals surface area contributed by atoms with Crippen LogP contribution >= 0.6 is 11.8 Å². The first-order chi connectivity index (χ1) is 16.6. The van der Waals surface area contributed by atoms with Crippen molar-refractivity contribution >= 4 is 17.7 Å². The average Bonchev–Trinajstić information content (AvgIpc) is 3.09. The number of carbonyl (C=O) groups excluding carboxylic acids is 1. The topological polar surface area (TPSA) is 91.2 Å². The number of amides is 1. The van der Waals surface area contributed by atoms with Gasteiger partial charge in [0.05, 0.1) is 25.0 Å². The largest absolute Gasteiger partial charge is 0.490 e. The van der Waals surface area contributed by atoms with Crippen molar-refractivity contribution in [2.75, 3.05) is 19.0 Å². The zero-order valence-electron chi connectivity index (χ0n) is 19.4. The van der Waals surface area contributed by atoms with Crippen molar-refractivity contribution in [3.63, 3.8) is 0 Å². The Kier molecular flexibility index (Phi) is 7.84. The van der Waals surface area contributed by atoms with Gasteiger partial charge in [0, 0.05) is 30.9 Å². The molecule has 3 heterocycles. The highest BCUT2D eigenvalue weighted by Crippen LogP contribution is 2.34. The molecule has 1 aliphatic rings. The van der Waals surface area contributed by atoms with E-state index < -0.39 is 0 Å². The quantitative estimate of drug-likeness (QED) is 0.362. The van der Waals surface area contributed by atoms with Crippen molar-refractivity contribution in [2.24, 2.45) is 5.92 Å². The Morgan fingerprint density at radius 2 is 2.06 bits per heavy atom. The molecule has 4 rings (SSSR count). The van der Waals surface area contributed by atoms with Gasteiger partial charge in [0.2, 0.25) is 5.91 Å². The number of nitrogens with zero attached hydrogens (tertiary/aromatic N) is 4. The minimum atomic E-state index is -0.151. The summed E-state index contributed by atoms with van der Waals surface area (Å²) in [6.07, 6.45) is 6.09. The van der Waals surface area contributed by atoms with Crippen LogP contribution in [-0.2, 0) is 11.3 Å². The number of hydrogen-bond donors (Lipinski definition) is 1. The van der Waals surface area contributed by atoms with Gasteiger partial charge < -0.3 is 14.8 Å². The van der Waals surface area contributed by atoms with Crippen molar-refractivity contribution in [3.05, 3.63) is 60.9 Å². The van der Waals surface area contributed by atoms with E-state index in [1.165, 1.54) is 11.8 Å². The Morgan fingerprint density at radius 1 is 1.24 bits per heavy atom. The highest BCUT2D eigenvalue weighted by molar-refractivity contribution is 7.99. The molecule has 1 atom stereocenters. The molecule has 9 heteroatoms. The lowest BCUT2D eigenvalue weighted by Gasteiger charge is -2.24. The third-order valence-electron chi connectivity index (χ3n) is 5.39. The Hall–Kier alpha value is -3.33. The van der Waals surface area contributed by atoms with E-state index in [0.29, 0.717) is 30.7 Å². The van der Waals surface area contributed by atoms with Crippen molar-refractivity contribution in [1.82, 2.24) is 25.1 Å². The number of carbonyl (C=O) groups is 1. The van der Waals surface area contributed by atoms with Gasteiger partial charge in [-0.1, -0.05) is 37.8 Å². The Bertz CT molecular complexity index is 1130. The summed E-state index contributed by atoms with van der Waals surface area (Å²) in [5.41, 5.74) is 1.86. The molecule has 8 nitrogen and oxygen atoms in total. The molecule has 1 aliphatic heterocycles. The van der Waals surface area contributed by atoms with Crippen LogP contribution in [0.25, 0.3) is 11.4 Å². The fourth-order valence-corrected chi connectivity index (χ4v) is 4.51. The van der Waals surface area contributed by atoms with Crippen LogP contribution in [0.5, 0.6) is 11.5 Å². The number of hydrogen-bond acceptors (Lipinski definition) is 7. The van der Waals surface area contributed by atoms with Crippen LogP contribution in [0.2, 0.25) is 0 Å². The van der Waals surface area contributed by atoms with Crippen molar-refractivity contribution in [3.8, 4) is 22.9 Å². The first kappa shape index (κ1) is 23.8. The molecule has 0 saturated heterocycles. The summed E-state index contributed by atoms with van der Waals surface area (Å²) < 4.78 is 13.5. The lowest BCUT2D eigenvalue weighted by molar-refractivity contribution is -0.119. The van der Waals surface area contributed by atoms with Crippen molar-refractivity contribution in [2.45, 2.75) is 38.0 Å². The van der Waals surface area contributed by atoms with Crippen LogP contribution in [0, 0.1) is 5.92 Å². The van der Waals surface area contributed by atoms with Gasteiger partial charge in [0.15, 0.2) is 22.5 Å². The van der Waals surface area contributed by atoms with Crippen LogP contribution in [0.15, 0.2) is 60.5 Å². The molecule has 1 N–H and O–H groups in total. The van der Waals surface area contributed by atoms with Gasteiger partial charge >= 0.3 is 0 Å². The summed E-state index contributed by atoms with van der Waals surface area (Å²) in [5, 5.41) is 12.4. The highest BCUT2D eigenvalue weighted by atomic mass is 32.2. The fraction of sp³-hybridized carbons (Fsp3) is 0.360. The van der Waals surface area contributed by atoms with Crippen molar-refractivity contribution < 1.29 is 14.3 Å². The molecule has 178 valence electrons. The summed E-state index contributed by atoms with van der Waals surface area (Å²) in [5.74, 6) is 2.51. The smallest absolute Gasteiger partial charge is 0.230 e. The molecule has 0 fully saturated rings. The second-order valence-corrected chi connectivity index (χ2v) is 9.22. The minimum Gasteiger partial charge on any atom is -0.490 e. The zero-order chi connectivity index (χ0) is 23.9. The lowest BCUT2D eigenvalue weighted by atomic mass is 9.95. The monoisotopic (exact) mass is 479 g/mol. The second-order valence-electron chi connectivity index (χ2n) is 8.28. The molecule has 0 aliphatic carbocycles. The molecule has 34 heavy (non-hydrogen) atoms. The van der Waals surface area contributed by atoms with E-state index in [2.05, 4.69) is 40.9 Å². The average molecular weight is 480 g/mol. The molecule has 1 aromatic carbocycles. The molecule has 0 bridgehead atoms. The maximum Gasteiger partial charge on any atom is 0.230 e. The zero-order valence-corrected chi connectivity index (χ0v) is 20.3. The molecule has 0 spiro atoms. The maximum atomic E-state index is 12.9. The van der Waals surface area contributed by atoms with Crippen LogP contribution in [0.1, 0.15) is 31.9 Å².